The van der Waals surface area contributed by atoms with Gasteiger partial charge in [-0.25, -0.2) is 9.37 Å². The first-order valence-corrected chi connectivity index (χ1v) is 7.92. The second kappa shape index (κ2) is 5.55. The van der Waals surface area contributed by atoms with E-state index in [4.69, 9.17) is 11.6 Å². The van der Waals surface area contributed by atoms with Gasteiger partial charge in [0, 0.05) is 16.3 Å². The minimum Gasteiger partial charge on any atom is -0.301 e. The second-order valence-electron chi connectivity index (χ2n) is 4.00. The highest BCUT2D eigenvalue weighted by molar-refractivity contribution is 7.98. The Morgan fingerprint density at radius 2 is 2.25 bits per heavy atom. The van der Waals surface area contributed by atoms with Gasteiger partial charge in [-0.05, 0) is 23.6 Å². The third-order valence-electron chi connectivity index (χ3n) is 2.73. The molecule has 2 aromatic heterocycles. The molecule has 3 nitrogen and oxygen atoms in total. The molecule has 0 saturated carbocycles. The molecule has 2 heterocycles. The molecule has 7 heteroatoms. The zero-order valence-corrected chi connectivity index (χ0v) is 12.4. The molecule has 0 aliphatic heterocycles. The molecule has 0 aliphatic rings. The van der Waals surface area contributed by atoms with E-state index in [1.54, 1.807) is 18.2 Å². The third-order valence-corrected chi connectivity index (χ3v) is 4.79. The van der Waals surface area contributed by atoms with E-state index in [0.29, 0.717) is 31.7 Å². The van der Waals surface area contributed by atoms with Crippen molar-refractivity contribution in [2.45, 2.75) is 10.9 Å². The summed E-state index contributed by atoms with van der Waals surface area (Å²) in [5.74, 6) is -0.0461. The molecule has 0 saturated heterocycles. The van der Waals surface area contributed by atoms with Gasteiger partial charge in [0.1, 0.15) is 10.6 Å². The smallest absolute Gasteiger partial charge is 0.260 e. The highest BCUT2D eigenvalue weighted by Gasteiger charge is 2.10. The molecular formula is C13H8ClFN2OS2. The Morgan fingerprint density at radius 3 is 3.05 bits per heavy atom. The molecule has 0 fully saturated rings. The lowest BCUT2D eigenvalue weighted by molar-refractivity contribution is 0.617. The average molecular weight is 327 g/mol. The monoisotopic (exact) mass is 326 g/mol. The number of rotatable bonds is 3. The summed E-state index contributed by atoms with van der Waals surface area (Å²) >= 11 is 8.61. The lowest BCUT2D eigenvalue weighted by Gasteiger charge is -2.05. The molecule has 1 N–H and O–H groups in total. The maximum atomic E-state index is 13.6. The number of aromatic amines is 1. The molecule has 0 radical (unpaired) electrons. The number of fused-ring (bicyclic) bond motifs is 1. The predicted octanol–water partition coefficient (Wildman–Crippen LogP) is 4.07. The van der Waals surface area contributed by atoms with E-state index in [9.17, 15) is 9.18 Å². The molecule has 0 atom stereocenters. The summed E-state index contributed by atoms with van der Waals surface area (Å²) in [5, 5.41) is 3.22. The number of nitrogens with one attached hydrogen (secondary N) is 1. The number of thioether (sulfide) groups is 1. The van der Waals surface area contributed by atoms with Crippen molar-refractivity contribution >= 4 is 44.9 Å². The molecule has 1 aromatic carbocycles. The fraction of sp³-hybridized carbons (Fsp3) is 0.0769. The Kier molecular flexibility index (Phi) is 3.78. The van der Waals surface area contributed by atoms with Crippen LogP contribution in [0.25, 0.3) is 10.2 Å². The van der Waals surface area contributed by atoms with Gasteiger partial charge in [0.15, 0.2) is 5.16 Å². The fourth-order valence-corrected chi connectivity index (χ4v) is 3.75. The van der Waals surface area contributed by atoms with Crippen LogP contribution in [0.4, 0.5) is 4.39 Å². The Hall–Kier alpha value is -1.37. The van der Waals surface area contributed by atoms with Crippen molar-refractivity contribution in [3.8, 4) is 0 Å². The lowest BCUT2D eigenvalue weighted by Crippen LogP contribution is -2.07. The quantitative estimate of drug-likeness (QED) is 0.583. The first kappa shape index (κ1) is 13.6. The third kappa shape index (κ3) is 2.59. The van der Waals surface area contributed by atoms with Crippen LogP contribution in [0.5, 0.6) is 0 Å². The summed E-state index contributed by atoms with van der Waals surface area (Å²) in [7, 11) is 0. The Balaban J connectivity index is 1.88. The van der Waals surface area contributed by atoms with Crippen molar-refractivity contribution in [3.63, 3.8) is 0 Å². The first-order valence-electron chi connectivity index (χ1n) is 5.68. The van der Waals surface area contributed by atoms with E-state index < -0.39 is 0 Å². The van der Waals surface area contributed by atoms with Gasteiger partial charge in [-0.15, -0.1) is 11.3 Å². The number of aromatic nitrogens is 2. The normalized spacial score (nSPS) is 11.1. The number of hydrogen-bond donors (Lipinski definition) is 1. The van der Waals surface area contributed by atoms with Gasteiger partial charge in [-0.1, -0.05) is 29.4 Å². The van der Waals surface area contributed by atoms with Gasteiger partial charge in [0.2, 0.25) is 0 Å². The van der Waals surface area contributed by atoms with E-state index in [2.05, 4.69) is 9.97 Å². The Bertz CT molecular complexity index is 810. The van der Waals surface area contributed by atoms with Gasteiger partial charge in [0.05, 0.1) is 5.39 Å². The van der Waals surface area contributed by atoms with Crippen LogP contribution in [0.15, 0.2) is 39.6 Å². The standard InChI is InChI=1S/C13H8ClFN2OS2/c14-9-2-1-3-10(15)8(9)6-20-13-16-11(18)7-4-5-19-12(7)17-13/h1-5H,6H2,(H,16,17,18). The van der Waals surface area contributed by atoms with Crippen molar-refractivity contribution in [3.05, 3.63) is 56.4 Å². The van der Waals surface area contributed by atoms with Crippen LogP contribution >= 0.6 is 34.7 Å². The van der Waals surface area contributed by atoms with Gasteiger partial charge >= 0.3 is 0 Å². The minimum absolute atomic E-state index is 0.182. The first-order chi connectivity index (χ1) is 9.65. The fourth-order valence-electron chi connectivity index (χ4n) is 1.72. The number of thiophene rings is 1. The van der Waals surface area contributed by atoms with Crippen LogP contribution in [0.2, 0.25) is 5.02 Å². The Morgan fingerprint density at radius 1 is 1.40 bits per heavy atom. The van der Waals surface area contributed by atoms with E-state index in [1.165, 1.54) is 29.2 Å². The molecule has 0 spiro atoms. The van der Waals surface area contributed by atoms with Crippen molar-refractivity contribution in [1.29, 1.82) is 0 Å². The Labute approximate surface area is 126 Å². The molecule has 0 unspecified atom stereocenters. The summed E-state index contributed by atoms with van der Waals surface area (Å²) in [6, 6.07) is 6.29. The highest BCUT2D eigenvalue weighted by atomic mass is 35.5. The van der Waals surface area contributed by atoms with E-state index in [-0.39, 0.29) is 11.4 Å². The van der Waals surface area contributed by atoms with Gasteiger partial charge < -0.3 is 4.98 Å². The molecule has 0 amide bonds. The van der Waals surface area contributed by atoms with Gasteiger partial charge in [-0.3, -0.25) is 4.79 Å². The summed E-state index contributed by atoms with van der Waals surface area (Å²) in [6.45, 7) is 0. The highest BCUT2D eigenvalue weighted by Crippen LogP contribution is 2.27. The second-order valence-corrected chi connectivity index (χ2v) is 6.27. The molecule has 0 bridgehead atoms. The van der Waals surface area contributed by atoms with Crippen LogP contribution in [0.1, 0.15) is 5.56 Å². The molecule has 20 heavy (non-hydrogen) atoms. The maximum Gasteiger partial charge on any atom is 0.260 e. The molecular weight excluding hydrogens is 319 g/mol. The number of benzene rings is 1. The molecule has 3 rings (SSSR count). The van der Waals surface area contributed by atoms with E-state index >= 15 is 0 Å². The zero-order valence-electron chi connectivity index (χ0n) is 10.0. The number of H-pyrrole nitrogens is 1. The van der Waals surface area contributed by atoms with Gasteiger partial charge in [0.25, 0.3) is 5.56 Å². The van der Waals surface area contributed by atoms with Crippen molar-refractivity contribution in [2.75, 3.05) is 0 Å². The summed E-state index contributed by atoms with van der Waals surface area (Å²) in [6.07, 6.45) is 0. The largest absolute Gasteiger partial charge is 0.301 e. The number of nitrogens with zero attached hydrogens (tertiary/aromatic N) is 1. The predicted molar refractivity (Wildman–Crippen MR) is 81.2 cm³/mol. The van der Waals surface area contributed by atoms with Crippen molar-refractivity contribution < 1.29 is 4.39 Å². The van der Waals surface area contributed by atoms with E-state index in [1.807, 2.05) is 5.38 Å². The number of halogens is 2. The zero-order chi connectivity index (χ0) is 14.1. The molecule has 0 aliphatic carbocycles. The average Bonchev–Trinajstić information content (AvgIpc) is 2.87. The minimum atomic E-state index is -0.357. The van der Waals surface area contributed by atoms with Crippen LogP contribution in [-0.4, -0.2) is 9.97 Å². The van der Waals surface area contributed by atoms with Crippen LogP contribution < -0.4 is 5.56 Å². The van der Waals surface area contributed by atoms with Crippen LogP contribution in [0, 0.1) is 5.82 Å². The van der Waals surface area contributed by atoms with Gasteiger partial charge in [-0.2, -0.15) is 0 Å². The van der Waals surface area contributed by atoms with Crippen molar-refractivity contribution in [2.24, 2.45) is 0 Å². The maximum absolute atomic E-state index is 13.6. The lowest BCUT2D eigenvalue weighted by atomic mass is 10.2. The SMILES string of the molecule is O=c1[nH]c(SCc2c(F)cccc2Cl)nc2sccc12. The van der Waals surface area contributed by atoms with Crippen molar-refractivity contribution in [1.82, 2.24) is 9.97 Å². The topological polar surface area (TPSA) is 45.8 Å². The molecule has 102 valence electrons. The summed E-state index contributed by atoms with van der Waals surface area (Å²) in [4.78, 5) is 19.5. The summed E-state index contributed by atoms with van der Waals surface area (Å²) in [5.41, 5.74) is 0.228. The molecule has 3 aromatic rings. The summed E-state index contributed by atoms with van der Waals surface area (Å²) < 4.78 is 13.6. The number of hydrogen-bond acceptors (Lipinski definition) is 4. The van der Waals surface area contributed by atoms with Crippen LogP contribution in [0.3, 0.4) is 0 Å². The van der Waals surface area contributed by atoms with Crippen LogP contribution in [-0.2, 0) is 5.75 Å². The van der Waals surface area contributed by atoms with E-state index in [0.717, 1.165) is 0 Å².